The summed E-state index contributed by atoms with van der Waals surface area (Å²) in [5.74, 6) is -0.0918. The van der Waals surface area contributed by atoms with E-state index in [1.54, 1.807) is 12.1 Å². The molecule has 7 nitrogen and oxygen atoms in total. The minimum atomic E-state index is -3.50. The van der Waals surface area contributed by atoms with E-state index in [4.69, 9.17) is 27.9 Å². The molecule has 1 aromatic rings. The maximum absolute atomic E-state index is 12.1. The largest absolute Gasteiger partial charge is 0.379 e. The van der Waals surface area contributed by atoms with Crippen molar-refractivity contribution in [2.24, 2.45) is 0 Å². The Hall–Kier alpha value is -1.06. The van der Waals surface area contributed by atoms with Crippen molar-refractivity contribution in [2.45, 2.75) is 12.8 Å². The maximum Gasteiger partial charge on any atom is 0.232 e. The number of sulfonamides is 1. The van der Waals surface area contributed by atoms with Gasteiger partial charge in [0.15, 0.2) is 0 Å². The van der Waals surface area contributed by atoms with Crippen molar-refractivity contribution < 1.29 is 17.9 Å². The van der Waals surface area contributed by atoms with E-state index in [2.05, 4.69) is 10.2 Å². The highest BCUT2D eigenvalue weighted by atomic mass is 35.5. The van der Waals surface area contributed by atoms with Gasteiger partial charge >= 0.3 is 0 Å². The third-order valence-electron chi connectivity index (χ3n) is 4.21. The molecule has 10 heteroatoms. The molecule has 0 aliphatic carbocycles. The summed E-state index contributed by atoms with van der Waals surface area (Å²) in [6.07, 6.45) is 1.77. The zero-order valence-electron chi connectivity index (χ0n) is 15.3. The smallest absolute Gasteiger partial charge is 0.232 e. The molecule has 1 aliphatic rings. The summed E-state index contributed by atoms with van der Waals surface area (Å²) in [4.78, 5) is 14.2. The average molecular weight is 438 g/mol. The maximum atomic E-state index is 12.1. The van der Waals surface area contributed by atoms with Crippen LogP contribution in [0.25, 0.3) is 0 Å². The lowest BCUT2D eigenvalue weighted by Crippen LogP contribution is -2.41. The molecule has 27 heavy (non-hydrogen) atoms. The standard InChI is InChI=1S/C17H25Cl2N3O4S/c1-27(24,25)22(14-4-5-15(18)16(19)13-14)7-2-3-17(23)20-6-8-21-9-11-26-12-10-21/h4-5,13H,2-3,6-12H2,1H3,(H,20,23). The molecule has 2 rings (SSSR count). The van der Waals surface area contributed by atoms with E-state index in [1.807, 2.05) is 0 Å². The SMILES string of the molecule is CS(=O)(=O)N(CCCC(=O)NCCN1CCOCC1)c1ccc(Cl)c(Cl)c1. The molecule has 0 aromatic heterocycles. The highest BCUT2D eigenvalue weighted by Crippen LogP contribution is 2.28. The van der Waals surface area contributed by atoms with Crippen molar-refractivity contribution in [3.8, 4) is 0 Å². The van der Waals surface area contributed by atoms with Crippen molar-refractivity contribution in [3.05, 3.63) is 28.2 Å². The monoisotopic (exact) mass is 437 g/mol. The van der Waals surface area contributed by atoms with Gasteiger partial charge in [0, 0.05) is 39.1 Å². The van der Waals surface area contributed by atoms with Crippen LogP contribution < -0.4 is 9.62 Å². The second-order valence-corrected chi connectivity index (χ2v) is 9.06. The van der Waals surface area contributed by atoms with Gasteiger partial charge in [0.25, 0.3) is 0 Å². The fourth-order valence-corrected chi connectivity index (χ4v) is 4.03. The Morgan fingerprint density at radius 2 is 1.96 bits per heavy atom. The third kappa shape index (κ3) is 7.46. The Labute approximate surface area is 170 Å². The van der Waals surface area contributed by atoms with Gasteiger partial charge < -0.3 is 10.1 Å². The molecule has 1 saturated heterocycles. The summed E-state index contributed by atoms with van der Waals surface area (Å²) in [5, 5.41) is 3.51. The van der Waals surface area contributed by atoms with E-state index in [0.29, 0.717) is 23.7 Å². The Kier molecular flexibility index (Phi) is 8.62. The van der Waals surface area contributed by atoms with Crippen molar-refractivity contribution in [3.63, 3.8) is 0 Å². The van der Waals surface area contributed by atoms with Gasteiger partial charge in [-0.05, 0) is 24.6 Å². The van der Waals surface area contributed by atoms with Gasteiger partial charge in [0.2, 0.25) is 15.9 Å². The Morgan fingerprint density at radius 1 is 1.26 bits per heavy atom. The van der Waals surface area contributed by atoms with E-state index >= 15 is 0 Å². The number of carbonyl (C=O) groups excluding carboxylic acids is 1. The van der Waals surface area contributed by atoms with Gasteiger partial charge in [-0.2, -0.15) is 0 Å². The van der Waals surface area contributed by atoms with Crippen LogP contribution in [-0.2, 0) is 19.6 Å². The topological polar surface area (TPSA) is 79.0 Å². The van der Waals surface area contributed by atoms with E-state index in [0.717, 1.165) is 39.1 Å². The first-order valence-electron chi connectivity index (χ1n) is 8.77. The van der Waals surface area contributed by atoms with Crippen LogP contribution in [0.1, 0.15) is 12.8 Å². The molecule has 0 spiro atoms. The molecule has 0 radical (unpaired) electrons. The fraction of sp³-hybridized carbons (Fsp3) is 0.588. The molecule has 0 bridgehead atoms. The predicted molar refractivity (Wildman–Crippen MR) is 108 cm³/mol. The molecule has 1 N–H and O–H groups in total. The highest BCUT2D eigenvalue weighted by molar-refractivity contribution is 7.92. The predicted octanol–water partition coefficient (Wildman–Crippen LogP) is 1.99. The second-order valence-electron chi connectivity index (χ2n) is 6.34. The first-order valence-corrected chi connectivity index (χ1v) is 11.4. The number of amides is 1. The van der Waals surface area contributed by atoms with Gasteiger partial charge in [-0.3, -0.25) is 14.0 Å². The van der Waals surface area contributed by atoms with Gasteiger partial charge in [0.1, 0.15) is 0 Å². The van der Waals surface area contributed by atoms with Gasteiger partial charge in [-0.15, -0.1) is 0 Å². The number of carbonyl (C=O) groups is 1. The minimum absolute atomic E-state index is 0.0918. The number of hydrogen-bond acceptors (Lipinski definition) is 5. The molecule has 1 aromatic carbocycles. The zero-order chi connectivity index (χ0) is 19.9. The van der Waals surface area contributed by atoms with E-state index in [9.17, 15) is 13.2 Å². The van der Waals surface area contributed by atoms with Crippen LogP contribution in [0.15, 0.2) is 18.2 Å². The molecule has 1 aliphatic heterocycles. The van der Waals surface area contributed by atoms with Gasteiger partial charge in [-0.25, -0.2) is 8.42 Å². The zero-order valence-corrected chi connectivity index (χ0v) is 17.6. The van der Waals surface area contributed by atoms with E-state index < -0.39 is 10.0 Å². The summed E-state index contributed by atoms with van der Waals surface area (Å²) >= 11 is 11.9. The molecular weight excluding hydrogens is 413 g/mol. The lowest BCUT2D eigenvalue weighted by atomic mass is 10.2. The van der Waals surface area contributed by atoms with Crippen LogP contribution in [0.5, 0.6) is 0 Å². The van der Waals surface area contributed by atoms with Crippen molar-refractivity contribution >= 4 is 44.8 Å². The molecule has 152 valence electrons. The number of nitrogens with one attached hydrogen (secondary N) is 1. The Bertz CT molecular complexity index is 740. The molecule has 1 heterocycles. The average Bonchev–Trinajstić information content (AvgIpc) is 2.61. The van der Waals surface area contributed by atoms with Gasteiger partial charge in [-0.1, -0.05) is 23.2 Å². The first-order chi connectivity index (χ1) is 12.8. The number of morpholine rings is 1. The van der Waals surface area contributed by atoms with Crippen molar-refractivity contribution in [1.29, 1.82) is 0 Å². The fourth-order valence-electron chi connectivity index (χ4n) is 2.78. The summed E-state index contributed by atoms with van der Waals surface area (Å²) in [7, 11) is -3.50. The number of rotatable bonds is 9. The molecule has 0 atom stereocenters. The number of hydrogen-bond donors (Lipinski definition) is 1. The second kappa shape index (κ2) is 10.5. The quantitative estimate of drug-likeness (QED) is 0.638. The number of halogens is 2. The first kappa shape index (κ1) is 22.2. The van der Waals surface area contributed by atoms with Gasteiger partial charge in [0.05, 0.1) is 35.2 Å². The Morgan fingerprint density at radius 3 is 2.59 bits per heavy atom. The Balaban J connectivity index is 1.79. The normalized spacial score (nSPS) is 15.5. The van der Waals surface area contributed by atoms with E-state index in [-0.39, 0.29) is 23.9 Å². The van der Waals surface area contributed by atoms with Crippen molar-refractivity contribution in [1.82, 2.24) is 10.2 Å². The summed E-state index contributed by atoms with van der Waals surface area (Å²) < 4.78 is 30.7. The summed E-state index contributed by atoms with van der Waals surface area (Å²) in [5.41, 5.74) is 0.430. The summed E-state index contributed by atoms with van der Waals surface area (Å²) in [6.45, 7) is 4.75. The number of ether oxygens (including phenoxy) is 1. The van der Waals surface area contributed by atoms with Crippen LogP contribution in [0.3, 0.4) is 0 Å². The van der Waals surface area contributed by atoms with Crippen molar-refractivity contribution in [2.75, 3.05) is 56.5 Å². The highest BCUT2D eigenvalue weighted by Gasteiger charge is 2.18. The summed E-state index contributed by atoms with van der Waals surface area (Å²) in [6, 6.07) is 4.65. The van der Waals surface area contributed by atoms with Crippen LogP contribution in [0.4, 0.5) is 5.69 Å². The third-order valence-corrected chi connectivity index (χ3v) is 6.14. The molecule has 1 amide bonds. The van der Waals surface area contributed by atoms with Crippen LogP contribution >= 0.6 is 23.2 Å². The molecule has 0 unspecified atom stereocenters. The lowest BCUT2D eigenvalue weighted by molar-refractivity contribution is -0.121. The molecular formula is C17H25Cl2N3O4S. The minimum Gasteiger partial charge on any atom is -0.379 e. The van der Waals surface area contributed by atoms with Crippen LogP contribution in [0, 0.1) is 0 Å². The molecule has 1 fully saturated rings. The number of nitrogens with zero attached hydrogens (tertiary/aromatic N) is 2. The number of benzene rings is 1. The van der Waals surface area contributed by atoms with E-state index in [1.165, 1.54) is 10.4 Å². The number of anilines is 1. The molecule has 0 saturated carbocycles. The van der Waals surface area contributed by atoms with Crippen LogP contribution in [0.2, 0.25) is 10.0 Å². The lowest BCUT2D eigenvalue weighted by Gasteiger charge is -2.26. The van der Waals surface area contributed by atoms with Crippen LogP contribution in [-0.4, -0.2) is 71.4 Å².